The molecule has 1 unspecified atom stereocenters. The Morgan fingerprint density at radius 3 is 3.12 bits per heavy atom. The van der Waals surface area contributed by atoms with Crippen molar-refractivity contribution in [3.8, 4) is 0 Å². The monoisotopic (exact) mass is 214 g/mol. The number of nitrogens with one attached hydrogen (secondary N) is 1. The number of benzene rings is 1. The average Bonchev–Trinajstić information content (AvgIpc) is 2.67. The molecule has 16 heavy (non-hydrogen) atoms. The predicted molar refractivity (Wildman–Crippen MR) is 67.7 cm³/mol. The molecule has 0 aliphatic heterocycles. The van der Waals surface area contributed by atoms with Crippen LogP contribution >= 0.6 is 0 Å². The summed E-state index contributed by atoms with van der Waals surface area (Å²) in [7, 11) is 0. The predicted octanol–water partition coefficient (Wildman–Crippen LogP) is 2.55. The fraction of sp³-hybridized carbons (Fsp3) is 0.429. The molecule has 3 rings (SSSR count). The van der Waals surface area contributed by atoms with Gasteiger partial charge in [0.15, 0.2) is 0 Å². The first-order valence-corrected chi connectivity index (χ1v) is 6.16. The second-order valence-electron chi connectivity index (χ2n) is 4.78. The van der Waals surface area contributed by atoms with Crippen molar-refractivity contribution in [2.24, 2.45) is 5.73 Å². The Hall–Kier alpha value is -1.28. The lowest BCUT2D eigenvalue weighted by Gasteiger charge is -2.17. The summed E-state index contributed by atoms with van der Waals surface area (Å²) >= 11 is 0. The van der Waals surface area contributed by atoms with Gasteiger partial charge in [-0.1, -0.05) is 25.1 Å². The highest BCUT2D eigenvalue weighted by atomic mass is 14.7. The first-order valence-electron chi connectivity index (χ1n) is 6.16. The molecule has 1 aromatic carbocycles. The Morgan fingerprint density at radius 1 is 1.44 bits per heavy atom. The molecule has 0 spiro atoms. The van der Waals surface area contributed by atoms with Crippen LogP contribution in [0.3, 0.4) is 0 Å². The molecule has 2 nitrogen and oxygen atoms in total. The number of H-pyrrole nitrogens is 1. The Labute approximate surface area is 95.8 Å². The standard InChI is InChI=1S/C14H18N2/c1-2-9-4-3-5-11-12-8-10(15)6-7-13(12)16-14(9)11/h3-5,10,16H,2,6-8,15H2,1H3. The third-order valence-electron chi connectivity index (χ3n) is 3.73. The minimum Gasteiger partial charge on any atom is -0.358 e. The van der Waals surface area contributed by atoms with Gasteiger partial charge in [-0.3, -0.25) is 0 Å². The summed E-state index contributed by atoms with van der Waals surface area (Å²) in [6.45, 7) is 2.21. The second kappa shape index (κ2) is 3.63. The Morgan fingerprint density at radius 2 is 2.31 bits per heavy atom. The Balaban J connectivity index is 2.25. The summed E-state index contributed by atoms with van der Waals surface area (Å²) in [5.74, 6) is 0. The maximum absolute atomic E-state index is 6.06. The largest absolute Gasteiger partial charge is 0.358 e. The van der Waals surface area contributed by atoms with Crippen LogP contribution in [0.5, 0.6) is 0 Å². The summed E-state index contributed by atoms with van der Waals surface area (Å²) < 4.78 is 0. The van der Waals surface area contributed by atoms with E-state index < -0.39 is 0 Å². The number of aryl methyl sites for hydroxylation is 2. The van der Waals surface area contributed by atoms with E-state index in [-0.39, 0.29) is 0 Å². The van der Waals surface area contributed by atoms with Crippen LogP contribution in [-0.4, -0.2) is 11.0 Å². The highest BCUT2D eigenvalue weighted by molar-refractivity contribution is 5.87. The van der Waals surface area contributed by atoms with E-state index in [9.17, 15) is 0 Å². The van der Waals surface area contributed by atoms with Gasteiger partial charge >= 0.3 is 0 Å². The zero-order valence-electron chi connectivity index (χ0n) is 9.72. The minimum atomic E-state index is 0.344. The molecule has 0 amide bonds. The lowest BCUT2D eigenvalue weighted by Crippen LogP contribution is -2.27. The molecule has 0 radical (unpaired) electrons. The van der Waals surface area contributed by atoms with Crippen molar-refractivity contribution in [1.82, 2.24) is 4.98 Å². The van der Waals surface area contributed by atoms with Gasteiger partial charge < -0.3 is 10.7 Å². The van der Waals surface area contributed by atoms with Crippen LogP contribution in [0, 0.1) is 0 Å². The molecule has 0 saturated heterocycles. The number of hydrogen-bond acceptors (Lipinski definition) is 1. The van der Waals surface area contributed by atoms with Gasteiger partial charge in [0.05, 0.1) is 0 Å². The molecule has 3 N–H and O–H groups in total. The lowest BCUT2D eigenvalue weighted by molar-refractivity contribution is 0.574. The molecule has 1 heterocycles. The van der Waals surface area contributed by atoms with E-state index in [2.05, 4.69) is 30.1 Å². The number of fused-ring (bicyclic) bond motifs is 3. The number of nitrogens with two attached hydrogens (primary N) is 1. The van der Waals surface area contributed by atoms with Gasteiger partial charge in [-0.2, -0.15) is 0 Å². The van der Waals surface area contributed by atoms with E-state index in [0.29, 0.717) is 6.04 Å². The van der Waals surface area contributed by atoms with Crippen LogP contribution in [0.4, 0.5) is 0 Å². The van der Waals surface area contributed by atoms with E-state index >= 15 is 0 Å². The van der Waals surface area contributed by atoms with Gasteiger partial charge in [-0.25, -0.2) is 0 Å². The first kappa shape index (κ1) is 9.91. The topological polar surface area (TPSA) is 41.8 Å². The van der Waals surface area contributed by atoms with Gasteiger partial charge in [0.1, 0.15) is 0 Å². The third kappa shape index (κ3) is 1.37. The SMILES string of the molecule is CCc1cccc2c3c([nH]c12)CCC(N)C3. The number of aromatic amines is 1. The smallest absolute Gasteiger partial charge is 0.0491 e. The average molecular weight is 214 g/mol. The lowest BCUT2D eigenvalue weighted by atomic mass is 9.92. The van der Waals surface area contributed by atoms with Gasteiger partial charge in [0, 0.05) is 22.6 Å². The van der Waals surface area contributed by atoms with Crippen molar-refractivity contribution < 1.29 is 0 Å². The van der Waals surface area contributed by atoms with Crippen molar-refractivity contribution in [3.05, 3.63) is 35.0 Å². The van der Waals surface area contributed by atoms with E-state index in [1.54, 1.807) is 0 Å². The van der Waals surface area contributed by atoms with Crippen molar-refractivity contribution in [2.75, 3.05) is 0 Å². The molecule has 1 aliphatic rings. The van der Waals surface area contributed by atoms with E-state index in [0.717, 1.165) is 25.7 Å². The minimum absolute atomic E-state index is 0.344. The maximum Gasteiger partial charge on any atom is 0.0491 e. The highest BCUT2D eigenvalue weighted by Gasteiger charge is 2.20. The number of hydrogen-bond donors (Lipinski definition) is 2. The van der Waals surface area contributed by atoms with Gasteiger partial charge in [-0.15, -0.1) is 0 Å². The molecule has 0 saturated carbocycles. The van der Waals surface area contributed by atoms with Crippen LogP contribution in [0.15, 0.2) is 18.2 Å². The van der Waals surface area contributed by atoms with E-state index in [4.69, 9.17) is 5.73 Å². The van der Waals surface area contributed by atoms with Crippen molar-refractivity contribution in [1.29, 1.82) is 0 Å². The van der Waals surface area contributed by atoms with E-state index in [1.807, 2.05) is 0 Å². The Kier molecular flexibility index (Phi) is 2.25. The zero-order chi connectivity index (χ0) is 11.1. The summed E-state index contributed by atoms with van der Waals surface area (Å²) in [6, 6.07) is 6.94. The summed E-state index contributed by atoms with van der Waals surface area (Å²) in [5, 5.41) is 1.39. The van der Waals surface area contributed by atoms with E-state index in [1.165, 1.54) is 27.7 Å². The van der Waals surface area contributed by atoms with Gasteiger partial charge in [0.2, 0.25) is 0 Å². The first-order chi connectivity index (χ1) is 7.79. The van der Waals surface area contributed by atoms with Crippen LogP contribution in [0.25, 0.3) is 10.9 Å². The molecule has 2 heteroatoms. The summed E-state index contributed by atoms with van der Waals surface area (Å²) in [5.41, 5.74) is 11.7. The zero-order valence-corrected chi connectivity index (χ0v) is 9.72. The van der Waals surface area contributed by atoms with Crippen LogP contribution in [0.2, 0.25) is 0 Å². The van der Waals surface area contributed by atoms with Crippen LogP contribution in [0.1, 0.15) is 30.2 Å². The molecule has 0 bridgehead atoms. The molecular formula is C14H18N2. The molecule has 84 valence electrons. The quantitative estimate of drug-likeness (QED) is 0.752. The van der Waals surface area contributed by atoms with Gasteiger partial charge in [-0.05, 0) is 36.8 Å². The maximum atomic E-state index is 6.06. The number of para-hydroxylation sites is 1. The second-order valence-corrected chi connectivity index (χ2v) is 4.78. The molecule has 2 aromatic rings. The van der Waals surface area contributed by atoms with Crippen molar-refractivity contribution in [2.45, 2.75) is 38.6 Å². The van der Waals surface area contributed by atoms with Gasteiger partial charge in [0.25, 0.3) is 0 Å². The summed E-state index contributed by atoms with van der Waals surface area (Å²) in [6.07, 6.45) is 4.33. The number of rotatable bonds is 1. The van der Waals surface area contributed by atoms with Crippen LogP contribution in [-0.2, 0) is 19.3 Å². The molecule has 1 aliphatic carbocycles. The third-order valence-corrected chi connectivity index (χ3v) is 3.73. The van der Waals surface area contributed by atoms with Crippen molar-refractivity contribution in [3.63, 3.8) is 0 Å². The fourth-order valence-electron chi connectivity index (χ4n) is 2.82. The highest BCUT2D eigenvalue weighted by Crippen LogP contribution is 2.30. The normalized spacial score (nSPS) is 20.0. The Bertz CT molecular complexity index is 525. The molecule has 1 aromatic heterocycles. The molecular weight excluding hydrogens is 196 g/mol. The van der Waals surface area contributed by atoms with Crippen molar-refractivity contribution >= 4 is 10.9 Å². The fourth-order valence-corrected chi connectivity index (χ4v) is 2.82. The summed E-state index contributed by atoms with van der Waals surface area (Å²) in [4.78, 5) is 3.60. The molecule has 1 atom stereocenters. The van der Waals surface area contributed by atoms with Crippen LogP contribution < -0.4 is 5.73 Å². The number of aromatic nitrogens is 1. The molecule has 0 fully saturated rings.